The molecule has 0 spiro atoms. The van der Waals surface area contributed by atoms with Gasteiger partial charge in [0.05, 0.1) is 5.92 Å². The maximum absolute atomic E-state index is 10.8. The van der Waals surface area contributed by atoms with E-state index in [1.807, 2.05) is 18.2 Å². The highest BCUT2D eigenvalue weighted by Gasteiger charge is 2.26. The summed E-state index contributed by atoms with van der Waals surface area (Å²) < 4.78 is 0. The molecule has 1 aromatic carbocycles. The molecule has 0 fully saturated rings. The average Bonchev–Trinajstić information content (AvgIpc) is 2.56. The molecule has 2 rings (SSSR count). The van der Waals surface area contributed by atoms with Crippen LogP contribution in [0.25, 0.3) is 0 Å². The molecule has 0 N–H and O–H groups in total. The molecule has 0 saturated carbocycles. The lowest BCUT2D eigenvalue weighted by Gasteiger charge is -2.15. The molecule has 13 heavy (non-hydrogen) atoms. The van der Waals surface area contributed by atoms with Gasteiger partial charge >= 0.3 is 0 Å². The lowest BCUT2D eigenvalue weighted by molar-refractivity contribution is -0.108. The molecule has 1 aromatic rings. The zero-order valence-electron chi connectivity index (χ0n) is 7.73. The fraction of sp³-hybridized carbons (Fsp3) is 0.364. The number of likely N-dealkylation sites (N-methyl/N-ethyl adjacent to an activating group) is 1. The van der Waals surface area contributed by atoms with Crippen molar-refractivity contribution in [1.82, 2.24) is 0 Å². The Morgan fingerprint density at radius 2 is 2.31 bits per heavy atom. The molecule has 0 saturated heterocycles. The smallest absolute Gasteiger partial charge is 0.129 e. The van der Waals surface area contributed by atoms with Crippen molar-refractivity contribution in [3.8, 4) is 0 Å². The van der Waals surface area contributed by atoms with Crippen LogP contribution in [0, 0.1) is 0 Å². The minimum atomic E-state index is 0.0798. The lowest BCUT2D eigenvalue weighted by atomic mass is 10.0. The molecule has 1 aliphatic heterocycles. The van der Waals surface area contributed by atoms with Gasteiger partial charge in [0.25, 0.3) is 0 Å². The first-order valence-corrected chi connectivity index (χ1v) is 4.66. The summed E-state index contributed by atoms with van der Waals surface area (Å²) in [5, 5.41) is 0. The second kappa shape index (κ2) is 3.21. The van der Waals surface area contributed by atoms with Gasteiger partial charge in [-0.15, -0.1) is 0 Å². The number of aldehydes is 1. The van der Waals surface area contributed by atoms with Gasteiger partial charge in [0, 0.05) is 18.8 Å². The molecular formula is C11H13NO. The van der Waals surface area contributed by atoms with E-state index in [4.69, 9.17) is 0 Å². The first kappa shape index (κ1) is 8.30. The van der Waals surface area contributed by atoms with E-state index in [2.05, 4.69) is 17.9 Å². The third-order valence-electron chi connectivity index (χ3n) is 2.64. The summed E-state index contributed by atoms with van der Waals surface area (Å²) >= 11 is 0. The van der Waals surface area contributed by atoms with Gasteiger partial charge in [-0.1, -0.05) is 18.2 Å². The summed E-state index contributed by atoms with van der Waals surface area (Å²) in [6.07, 6.45) is 1.05. The number of benzene rings is 1. The van der Waals surface area contributed by atoms with Gasteiger partial charge in [0.1, 0.15) is 6.29 Å². The van der Waals surface area contributed by atoms with E-state index in [9.17, 15) is 4.79 Å². The minimum Gasteiger partial charge on any atom is -0.371 e. The van der Waals surface area contributed by atoms with Gasteiger partial charge in [-0.3, -0.25) is 0 Å². The fourth-order valence-corrected chi connectivity index (χ4v) is 1.94. The molecule has 0 bridgehead atoms. The largest absolute Gasteiger partial charge is 0.371 e. The highest BCUT2D eigenvalue weighted by atomic mass is 16.1. The Bertz CT molecular complexity index is 322. The lowest BCUT2D eigenvalue weighted by Crippen LogP contribution is -2.21. The van der Waals surface area contributed by atoms with E-state index < -0.39 is 0 Å². The van der Waals surface area contributed by atoms with Crippen LogP contribution in [0.1, 0.15) is 18.4 Å². The Labute approximate surface area is 78.2 Å². The summed E-state index contributed by atoms with van der Waals surface area (Å²) in [7, 11) is 0. The third-order valence-corrected chi connectivity index (χ3v) is 2.64. The maximum Gasteiger partial charge on any atom is 0.129 e. The Morgan fingerprint density at radius 3 is 3.00 bits per heavy atom. The summed E-state index contributed by atoms with van der Waals surface area (Å²) in [6.45, 7) is 3.94. The molecule has 1 heterocycles. The molecule has 0 aliphatic carbocycles. The first-order valence-electron chi connectivity index (χ1n) is 4.66. The number of nitrogens with zero attached hydrogens (tertiary/aromatic N) is 1. The van der Waals surface area contributed by atoms with Crippen LogP contribution in [0.4, 0.5) is 5.69 Å². The van der Waals surface area contributed by atoms with E-state index in [0.29, 0.717) is 0 Å². The van der Waals surface area contributed by atoms with Gasteiger partial charge in [-0.2, -0.15) is 0 Å². The van der Waals surface area contributed by atoms with Crippen LogP contribution in [-0.4, -0.2) is 19.4 Å². The van der Waals surface area contributed by atoms with E-state index in [0.717, 1.165) is 19.4 Å². The van der Waals surface area contributed by atoms with Crippen LogP contribution in [0.5, 0.6) is 0 Å². The summed E-state index contributed by atoms with van der Waals surface area (Å²) in [4.78, 5) is 13.0. The molecule has 1 atom stereocenters. The fourth-order valence-electron chi connectivity index (χ4n) is 1.94. The monoisotopic (exact) mass is 175 g/mol. The van der Waals surface area contributed by atoms with Crippen molar-refractivity contribution in [1.29, 1.82) is 0 Å². The van der Waals surface area contributed by atoms with Crippen molar-refractivity contribution in [3.05, 3.63) is 29.8 Å². The van der Waals surface area contributed by atoms with Crippen molar-refractivity contribution < 1.29 is 4.79 Å². The number of rotatable bonds is 2. The number of hydrogen-bond acceptors (Lipinski definition) is 2. The maximum atomic E-state index is 10.8. The Kier molecular flexibility index (Phi) is 2.05. The predicted molar refractivity (Wildman–Crippen MR) is 53.1 cm³/mol. The van der Waals surface area contributed by atoms with Crippen molar-refractivity contribution in [2.45, 2.75) is 12.8 Å². The van der Waals surface area contributed by atoms with Gasteiger partial charge in [-0.05, 0) is 18.6 Å². The second-order valence-corrected chi connectivity index (χ2v) is 3.34. The Balaban J connectivity index is 2.43. The average molecular weight is 175 g/mol. The molecule has 68 valence electrons. The number of anilines is 1. The summed E-state index contributed by atoms with van der Waals surface area (Å²) in [5.41, 5.74) is 2.40. The third kappa shape index (κ3) is 1.22. The topological polar surface area (TPSA) is 20.3 Å². The number of para-hydroxylation sites is 1. The zero-order chi connectivity index (χ0) is 9.26. The van der Waals surface area contributed by atoms with Crippen molar-refractivity contribution >= 4 is 12.0 Å². The van der Waals surface area contributed by atoms with Crippen LogP contribution in [-0.2, 0) is 4.79 Å². The van der Waals surface area contributed by atoms with E-state index in [1.165, 1.54) is 11.3 Å². The highest BCUT2D eigenvalue weighted by Crippen LogP contribution is 2.34. The number of hydrogen-bond donors (Lipinski definition) is 0. The predicted octanol–water partition coefficient (Wildman–Crippen LogP) is 1.81. The van der Waals surface area contributed by atoms with Gasteiger partial charge < -0.3 is 9.69 Å². The van der Waals surface area contributed by atoms with Crippen molar-refractivity contribution in [3.63, 3.8) is 0 Å². The van der Waals surface area contributed by atoms with Gasteiger partial charge in [0.2, 0.25) is 0 Å². The van der Waals surface area contributed by atoms with Crippen LogP contribution in [0.3, 0.4) is 0 Å². The van der Waals surface area contributed by atoms with E-state index >= 15 is 0 Å². The minimum absolute atomic E-state index is 0.0798. The number of carbonyl (C=O) groups excluding carboxylic acids is 1. The van der Waals surface area contributed by atoms with Crippen LogP contribution >= 0.6 is 0 Å². The molecule has 0 radical (unpaired) electrons. The van der Waals surface area contributed by atoms with Crippen LogP contribution < -0.4 is 4.90 Å². The van der Waals surface area contributed by atoms with Crippen molar-refractivity contribution in [2.75, 3.05) is 18.0 Å². The quantitative estimate of drug-likeness (QED) is 0.639. The SMILES string of the molecule is CCN1C[C@H](C=O)c2ccccc21. The van der Waals surface area contributed by atoms with Gasteiger partial charge in [-0.25, -0.2) is 0 Å². The molecule has 1 aliphatic rings. The zero-order valence-corrected chi connectivity index (χ0v) is 7.73. The first-order chi connectivity index (χ1) is 6.36. The van der Waals surface area contributed by atoms with Gasteiger partial charge in [0.15, 0.2) is 0 Å². The summed E-state index contributed by atoms with van der Waals surface area (Å²) in [6, 6.07) is 8.15. The number of fused-ring (bicyclic) bond motifs is 1. The molecule has 0 aromatic heterocycles. The molecule has 0 unspecified atom stereocenters. The Hall–Kier alpha value is -1.31. The number of carbonyl (C=O) groups is 1. The van der Waals surface area contributed by atoms with Crippen molar-refractivity contribution in [2.24, 2.45) is 0 Å². The van der Waals surface area contributed by atoms with Crippen LogP contribution in [0.15, 0.2) is 24.3 Å². The normalized spacial score (nSPS) is 20.1. The van der Waals surface area contributed by atoms with E-state index in [1.54, 1.807) is 0 Å². The molecule has 2 heteroatoms. The standard InChI is InChI=1S/C11H13NO/c1-2-12-7-9(8-13)10-5-3-4-6-11(10)12/h3-6,8-9H,2,7H2,1H3/t9-/m1/s1. The molecule has 0 amide bonds. The second-order valence-electron chi connectivity index (χ2n) is 3.34. The molecular weight excluding hydrogens is 162 g/mol. The summed E-state index contributed by atoms with van der Waals surface area (Å²) in [5.74, 6) is 0.0798. The van der Waals surface area contributed by atoms with E-state index in [-0.39, 0.29) is 5.92 Å². The van der Waals surface area contributed by atoms with Crippen LogP contribution in [0.2, 0.25) is 0 Å². The highest BCUT2D eigenvalue weighted by molar-refractivity contribution is 5.74. The molecule has 2 nitrogen and oxygen atoms in total. The Morgan fingerprint density at radius 1 is 1.54 bits per heavy atom.